The summed E-state index contributed by atoms with van der Waals surface area (Å²) in [4.78, 5) is 23.8. The van der Waals surface area contributed by atoms with Crippen molar-refractivity contribution in [2.75, 3.05) is 6.54 Å². The highest BCUT2D eigenvalue weighted by Gasteiger charge is 2.33. The Bertz CT molecular complexity index is 913. The molecule has 1 saturated heterocycles. The zero-order valence-corrected chi connectivity index (χ0v) is 14.5. The van der Waals surface area contributed by atoms with Crippen molar-refractivity contribution in [3.05, 3.63) is 41.8 Å². The fraction of sp³-hybridized carbons (Fsp3) is 0.444. The van der Waals surface area contributed by atoms with Crippen molar-refractivity contribution < 1.29 is 9.32 Å². The summed E-state index contributed by atoms with van der Waals surface area (Å²) >= 11 is 0. The van der Waals surface area contributed by atoms with Crippen molar-refractivity contribution >= 4 is 16.9 Å². The number of benzene rings is 1. The van der Waals surface area contributed by atoms with Crippen molar-refractivity contribution in [3.8, 4) is 0 Å². The van der Waals surface area contributed by atoms with Crippen LogP contribution in [0, 0.1) is 6.92 Å². The average Bonchev–Trinajstić information content (AvgIpc) is 3.33. The maximum atomic E-state index is 13.0. The van der Waals surface area contributed by atoms with Crippen LogP contribution < -0.4 is 0 Å². The molecule has 1 fully saturated rings. The minimum atomic E-state index is -0.0928. The number of aromatic nitrogens is 4. The molecule has 0 aliphatic carbocycles. The third kappa shape index (κ3) is 2.79. The summed E-state index contributed by atoms with van der Waals surface area (Å²) in [5.41, 5.74) is 1.93. The lowest BCUT2D eigenvalue weighted by Crippen LogP contribution is -2.34. The van der Waals surface area contributed by atoms with Gasteiger partial charge in [-0.15, -0.1) is 0 Å². The van der Waals surface area contributed by atoms with Crippen molar-refractivity contribution in [3.63, 3.8) is 0 Å². The molecule has 1 amide bonds. The number of aryl methyl sites for hydroxylation is 2. The molecule has 1 aliphatic rings. The lowest BCUT2D eigenvalue weighted by atomic mass is 10.2. The predicted molar refractivity (Wildman–Crippen MR) is 91.8 cm³/mol. The van der Waals surface area contributed by atoms with E-state index in [9.17, 15) is 4.79 Å². The van der Waals surface area contributed by atoms with Gasteiger partial charge in [-0.1, -0.05) is 24.2 Å². The van der Waals surface area contributed by atoms with E-state index in [4.69, 9.17) is 4.52 Å². The largest absolute Gasteiger partial charge is 0.340 e. The first kappa shape index (κ1) is 15.8. The van der Waals surface area contributed by atoms with E-state index in [-0.39, 0.29) is 18.5 Å². The van der Waals surface area contributed by atoms with Crippen molar-refractivity contribution in [1.82, 2.24) is 24.6 Å². The molecule has 0 bridgehead atoms. The standard InChI is InChI=1S/C18H21N5O2/c1-3-16-20-13-7-4-5-8-14(13)23(16)11-17(24)22-10-6-9-15(22)18-19-12(2)25-21-18/h4-5,7-8,15H,3,6,9-11H2,1-2H3. The highest BCUT2D eigenvalue weighted by molar-refractivity contribution is 5.81. The van der Waals surface area contributed by atoms with Crippen LogP contribution in [0.2, 0.25) is 0 Å². The number of hydrogen-bond acceptors (Lipinski definition) is 5. The number of likely N-dealkylation sites (tertiary alicyclic amines) is 1. The van der Waals surface area contributed by atoms with E-state index in [0.29, 0.717) is 11.7 Å². The third-order valence-electron chi connectivity index (χ3n) is 4.76. The maximum Gasteiger partial charge on any atom is 0.243 e. The topological polar surface area (TPSA) is 77.0 Å². The number of fused-ring (bicyclic) bond motifs is 1. The zero-order chi connectivity index (χ0) is 17.4. The second kappa shape index (κ2) is 6.31. The number of rotatable bonds is 4. The molecule has 0 radical (unpaired) electrons. The number of para-hydroxylation sites is 2. The molecule has 3 heterocycles. The van der Waals surface area contributed by atoms with Crippen LogP contribution in [0.5, 0.6) is 0 Å². The molecular formula is C18H21N5O2. The molecule has 130 valence electrons. The fourth-order valence-electron chi connectivity index (χ4n) is 3.58. The van der Waals surface area contributed by atoms with Gasteiger partial charge in [-0.05, 0) is 25.0 Å². The van der Waals surface area contributed by atoms with E-state index in [0.717, 1.165) is 42.7 Å². The van der Waals surface area contributed by atoms with Gasteiger partial charge in [0.15, 0.2) is 5.82 Å². The van der Waals surface area contributed by atoms with Crippen molar-refractivity contribution in [2.45, 2.75) is 45.7 Å². The van der Waals surface area contributed by atoms with E-state index in [1.165, 1.54) is 0 Å². The Hall–Kier alpha value is -2.70. The summed E-state index contributed by atoms with van der Waals surface area (Å²) in [6, 6.07) is 7.85. The highest BCUT2D eigenvalue weighted by atomic mass is 16.5. The van der Waals surface area contributed by atoms with Crippen LogP contribution in [0.3, 0.4) is 0 Å². The Morgan fingerprint density at radius 1 is 1.32 bits per heavy atom. The quantitative estimate of drug-likeness (QED) is 0.730. The third-order valence-corrected chi connectivity index (χ3v) is 4.76. The van der Waals surface area contributed by atoms with E-state index in [1.807, 2.05) is 33.7 Å². The van der Waals surface area contributed by atoms with Crippen LogP contribution in [-0.4, -0.2) is 37.0 Å². The molecule has 0 spiro atoms. The van der Waals surface area contributed by atoms with Crippen molar-refractivity contribution in [2.24, 2.45) is 0 Å². The number of amides is 1. The maximum absolute atomic E-state index is 13.0. The summed E-state index contributed by atoms with van der Waals surface area (Å²) in [5.74, 6) is 2.14. The van der Waals surface area contributed by atoms with Gasteiger partial charge in [0.25, 0.3) is 0 Å². The Balaban J connectivity index is 1.61. The summed E-state index contributed by atoms with van der Waals surface area (Å²) < 4.78 is 7.11. The molecule has 2 aromatic heterocycles. The highest BCUT2D eigenvalue weighted by Crippen LogP contribution is 2.30. The zero-order valence-electron chi connectivity index (χ0n) is 14.5. The summed E-state index contributed by atoms with van der Waals surface area (Å²) in [7, 11) is 0. The smallest absolute Gasteiger partial charge is 0.243 e. The Labute approximate surface area is 145 Å². The van der Waals surface area contributed by atoms with Gasteiger partial charge in [-0.25, -0.2) is 4.98 Å². The lowest BCUT2D eigenvalue weighted by Gasteiger charge is -2.23. The minimum absolute atomic E-state index is 0.0720. The van der Waals surface area contributed by atoms with Gasteiger partial charge in [0.2, 0.25) is 11.8 Å². The SMILES string of the molecule is CCc1nc2ccccc2n1CC(=O)N1CCCC1c1noc(C)n1. The normalized spacial score (nSPS) is 17.5. The van der Waals surface area contributed by atoms with E-state index >= 15 is 0 Å². The molecule has 25 heavy (non-hydrogen) atoms. The second-order valence-electron chi connectivity index (χ2n) is 6.37. The second-order valence-corrected chi connectivity index (χ2v) is 6.37. The van der Waals surface area contributed by atoms with Gasteiger partial charge in [-0.3, -0.25) is 4.79 Å². The van der Waals surface area contributed by atoms with Gasteiger partial charge >= 0.3 is 0 Å². The van der Waals surface area contributed by atoms with Crippen molar-refractivity contribution in [1.29, 1.82) is 0 Å². The monoisotopic (exact) mass is 339 g/mol. The average molecular weight is 339 g/mol. The molecule has 0 N–H and O–H groups in total. The van der Waals surface area contributed by atoms with E-state index in [2.05, 4.69) is 22.0 Å². The molecule has 7 nitrogen and oxygen atoms in total. The lowest BCUT2D eigenvalue weighted by molar-refractivity contribution is -0.132. The fourth-order valence-corrected chi connectivity index (χ4v) is 3.58. The molecule has 1 atom stereocenters. The number of carbonyl (C=O) groups is 1. The molecule has 4 rings (SSSR count). The van der Waals surface area contributed by atoms with Gasteiger partial charge in [0, 0.05) is 19.9 Å². The van der Waals surface area contributed by atoms with Crippen LogP contribution in [0.1, 0.15) is 43.3 Å². The Morgan fingerprint density at radius 3 is 2.92 bits per heavy atom. The molecule has 7 heteroatoms. The number of nitrogens with zero attached hydrogens (tertiary/aromatic N) is 5. The number of carbonyl (C=O) groups excluding carboxylic acids is 1. The minimum Gasteiger partial charge on any atom is -0.340 e. The van der Waals surface area contributed by atoms with Crippen LogP contribution >= 0.6 is 0 Å². The van der Waals surface area contributed by atoms with Gasteiger partial charge in [0.1, 0.15) is 12.4 Å². The summed E-state index contributed by atoms with van der Waals surface area (Å²) in [6.07, 6.45) is 2.61. The van der Waals surface area contributed by atoms with Crippen LogP contribution in [-0.2, 0) is 17.8 Å². The molecular weight excluding hydrogens is 318 g/mol. The van der Waals surface area contributed by atoms with E-state index in [1.54, 1.807) is 6.92 Å². The first-order valence-corrected chi connectivity index (χ1v) is 8.71. The predicted octanol–water partition coefficient (Wildman–Crippen LogP) is 2.65. The molecule has 1 aliphatic heterocycles. The number of hydrogen-bond donors (Lipinski definition) is 0. The number of imidazole rings is 1. The molecule has 3 aromatic rings. The first-order chi connectivity index (χ1) is 12.2. The van der Waals surface area contributed by atoms with E-state index < -0.39 is 0 Å². The van der Waals surface area contributed by atoms with Crippen LogP contribution in [0.15, 0.2) is 28.8 Å². The van der Waals surface area contributed by atoms with Crippen LogP contribution in [0.4, 0.5) is 0 Å². The van der Waals surface area contributed by atoms with Crippen LogP contribution in [0.25, 0.3) is 11.0 Å². The molecule has 0 saturated carbocycles. The summed E-state index contributed by atoms with van der Waals surface area (Å²) in [5, 5.41) is 4.01. The summed E-state index contributed by atoms with van der Waals surface area (Å²) in [6.45, 7) is 4.84. The Kier molecular flexibility index (Phi) is 3.99. The van der Waals surface area contributed by atoms with Gasteiger partial charge in [0.05, 0.1) is 17.1 Å². The molecule has 1 unspecified atom stereocenters. The Morgan fingerprint density at radius 2 is 2.16 bits per heavy atom. The molecule has 1 aromatic carbocycles. The first-order valence-electron chi connectivity index (χ1n) is 8.71. The van der Waals surface area contributed by atoms with Gasteiger partial charge in [-0.2, -0.15) is 4.98 Å². The van der Waals surface area contributed by atoms with Gasteiger partial charge < -0.3 is 14.0 Å².